The summed E-state index contributed by atoms with van der Waals surface area (Å²) in [5, 5.41) is 8.87. The van der Waals surface area contributed by atoms with E-state index in [9.17, 15) is 0 Å². The standard InChI is InChI=1S/C13H26N2O/c1-4-13(15,11-14)8-6-10-16-9-5-7-12(2)3/h12H,4-10,15H2,1-3H3. The molecule has 0 aromatic carbocycles. The van der Waals surface area contributed by atoms with Crippen LogP contribution in [-0.4, -0.2) is 18.8 Å². The Morgan fingerprint density at radius 2 is 1.94 bits per heavy atom. The zero-order valence-corrected chi connectivity index (χ0v) is 11.0. The van der Waals surface area contributed by atoms with Gasteiger partial charge < -0.3 is 10.5 Å². The number of nitrogens with zero attached hydrogens (tertiary/aromatic N) is 1. The van der Waals surface area contributed by atoms with Crippen LogP contribution in [0.1, 0.15) is 52.9 Å². The number of ether oxygens (including phenoxy) is 1. The first-order valence-corrected chi connectivity index (χ1v) is 6.32. The monoisotopic (exact) mass is 226 g/mol. The van der Waals surface area contributed by atoms with E-state index in [1.807, 2.05) is 6.92 Å². The largest absolute Gasteiger partial charge is 0.381 e. The van der Waals surface area contributed by atoms with Gasteiger partial charge in [-0.25, -0.2) is 0 Å². The zero-order chi connectivity index (χ0) is 12.4. The lowest BCUT2D eigenvalue weighted by molar-refractivity contribution is 0.121. The molecule has 0 radical (unpaired) electrons. The predicted molar refractivity (Wildman–Crippen MR) is 66.9 cm³/mol. The van der Waals surface area contributed by atoms with Crippen LogP contribution in [0.15, 0.2) is 0 Å². The van der Waals surface area contributed by atoms with Gasteiger partial charge >= 0.3 is 0 Å². The third kappa shape index (κ3) is 7.67. The van der Waals surface area contributed by atoms with E-state index in [-0.39, 0.29) is 0 Å². The van der Waals surface area contributed by atoms with Gasteiger partial charge in [-0.3, -0.25) is 0 Å². The Labute approximate surface area is 100.0 Å². The summed E-state index contributed by atoms with van der Waals surface area (Å²) in [5.41, 5.74) is 5.21. The predicted octanol–water partition coefficient (Wildman–Crippen LogP) is 2.85. The Morgan fingerprint density at radius 1 is 1.31 bits per heavy atom. The first-order chi connectivity index (χ1) is 7.54. The van der Waals surface area contributed by atoms with Crippen molar-refractivity contribution in [3.8, 4) is 6.07 Å². The van der Waals surface area contributed by atoms with E-state index in [0.29, 0.717) is 6.42 Å². The number of rotatable bonds is 9. The van der Waals surface area contributed by atoms with Crippen LogP contribution in [0.3, 0.4) is 0 Å². The highest BCUT2D eigenvalue weighted by molar-refractivity contribution is 5.03. The summed E-state index contributed by atoms with van der Waals surface area (Å²) in [7, 11) is 0. The molecule has 0 aromatic rings. The molecule has 1 unspecified atom stereocenters. The van der Waals surface area contributed by atoms with Crippen molar-refractivity contribution in [1.82, 2.24) is 0 Å². The molecule has 1 atom stereocenters. The van der Waals surface area contributed by atoms with Gasteiger partial charge in [0.1, 0.15) is 5.54 Å². The second kappa shape index (κ2) is 8.55. The number of hydrogen-bond donors (Lipinski definition) is 1. The van der Waals surface area contributed by atoms with E-state index in [4.69, 9.17) is 15.7 Å². The van der Waals surface area contributed by atoms with Crippen LogP contribution in [0.4, 0.5) is 0 Å². The van der Waals surface area contributed by atoms with Crippen molar-refractivity contribution in [3.05, 3.63) is 0 Å². The van der Waals surface area contributed by atoms with Crippen LogP contribution in [0, 0.1) is 17.2 Å². The SMILES string of the molecule is CCC(N)(C#N)CCCOCCCC(C)C. The fraction of sp³-hybridized carbons (Fsp3) is 0.923. The summed E-state index contributed by atoms with van der Waals surface area (Å²) in [6, 6.07) is 2.17. The zero-order valence-electron chi connectivity index (χ0n) is 11.0. The average molecular weight is 226 g/mol. The Bertz CT molecular complexity index is 210. The van der Waals surface area contributed by atoms with Crippen LogP contribution in [0.5, 0.6) is 0 Å². The third-order valence-corrected chi connectivity index (χ3v) is 2.84. The molecule has 0 aliphatic heterocycles. The van der Waals surface area contributed by atoms with Crippen LogP contribution in [0.25, 0.3) is 0 Å². The third-order valence-electron chi connectivity index (χ3n) is 2.84. The highest BCUT2D eigenvalue weighted by Gasteiger charge is 2.20. The molecule has 0 saturated carbocycles. The van der Waals surface area contributed by atoms with Crippen molar-refractivity contribution in [2.45, 2.75) is 58.4 Å². The highest BCUT2D eigenvalue weighted by atomic mass is 16.5. The molecule has 0 spiro atoms. The molecule has 3 nitrogen and oxygen atoms in total. The molecular weight excluding hydrogens is 200 g/mol. The lowest BCUT2D eigenvalue weighted by Crippen LogP contribution is -2.37. The number of nitriles is 1. The minimum Gasteiger partial charge on any atom is -0.381 e. The summed E-state index contributed by atoms with van der Waals surface area (Å²) < 4.78 is 5.50. The smallest absolute Gasteiger partial charge is 0.104 e. The Kier molecular flexibility index (Phi) is 8.23. The van der Waals surface area contributed by atoms with E-state index in [0.717, 1.165) is 38.4 Å². The average Bonchev–Trinajstić information content (AvgIpc) is 2.27. The second-order valence-electron chi connectivity index (χ2n) is 4.87. The van der Waals surface area contributed by atoms with Gasteiger partial charge in [0.15, 0.2) is 0 Å². The van der Waals surface area contributed by atoms with Crippen LogP contribution in [0.2, 0.25) is 0 Å². The maximum absolute atomic E-state index is 8.87. The van der Waals surface area contributed by atoms with Crippen molar-refractivity contribution in [3.63, 3.8) is 0 Å². The molecule has 0 saturated heterocycles. The van der Waals surface area contributed by atoms with Crippen molar-refractivity contribution in [1.29, 1.82) is 5.26 Å². The van der Waals surface area contributed by atoms with Crippen molar-refractivity contribution in [2.24, 2.45) is 11.7 Å². The quantitative estimate of drug-likeness (QED) is 0.615. The molecular formula is C13H26N2O. The highest BCUT2D eigenvalue weighted by Crippen LogP contribution is 2.12. The Hall–Kier alpha value is -0.590. The van der Waals surface area contributed by atoms with Gasteiger partial charge in [0, 0.05) is 13.2 Å². The first kappa shape index (κ1) is 15.4. The Morgan fingerprint density at radius 3 is 2.44 bits per heavy atom. The molecule has 0 fully saturated rings. The lowest BCUT2D eigenvalue weighted by atomic mass is 9.94. The van der Waals surface area contributed by atoms with Gasteiger partial charge in [0.2, 0.25) is 0 Å². The minimum atomic E-state index is -0.651. The summed E-state index contributed by atoms with van der Waals surface area (Å²) in [6.45, 7) is 7.94. The molecule has 0 amide bonds. The van der Waals surface area contributed by atoms with Gasteiger partial charge in [-0.2, -0.15) is 5.26 Å². The van der Waals surface area contributed by atoms with E-state index < -0.39 is 5.54 Å². The molecule has 0 aromatic heterocycles. The van der Waals surface area contributed by atoms with Crippen LogP contribution >= 0.6 is 0 Å². The van der Waals surface area contributed by atoms with Crippen molar-refractivity contribution >= 4 is 0 Å². The maximum Gasteiger partial charge on any atom is 0.104 e. The van der Waals surface area contributed by atoms with Crippen molar-refractivity contribution < 1.29 is 4.74 Å². The fourth-order valence-electron chi connectivity index (χ4n) is 1.50. The van der Waals surface area contributed by atoms with Gasteiger partial charge in [0.25, 0.3) is 0 Å². The van der Waals surface area contributed by atoms with E-state index >= 15 is 0 Å². The van der Waals surface area contributed by atoms with E-state index in [1.54, 1.807) is 0 Å². The van der Waals surface area contributed by atoms with Crippen LogP contribution in [-0.2, 0) is 4.74 Å². The van der Waals surface area contributed by atoms with Gasteiger partial charge in [-0.15, -0.1) is 0 Å². The molecule has 0 aliphatic carbocycles. The molecule has 0 bridgehead atoms. The van der Waals surface area contributed by atoms with Crippen LogP contribution < -0.4 is 5.73 Å². The molecule has 0 aliphatic rings. The van der Waals surface area contributed by atoms with E-state index in [2.05, 4.69) is 19.9 Å². The fourth-order valence-corrected chi connectivity index (χ4v) is 1.50. The molecule has 94 valence electrons. The van der Waals surface area contributed by atoms with Gasteiger partial charge in [-0.1, -0.05) is 20.8 Å². The van der Waals surface area contributed by atoms with E-state index in [1.165, 1.54) is 6.42 Å². The first-order valence-electron chi connectivity index (χ1n) is 6.32. The molecule has 16 heavy (non-hydrogen) atoms. The lowest BCUT2D eigenvalue weighted by Gasteiger charge is -2.18. The number of hydrogen-bond acceptors (Lipinski definition) is 3. The number of nitrogens with two attached hydrogens (primary N) is 1. The maximum atomic E-state index is 8.87. The topological polar surface area (TPSA) is 59.0 Å². The molecule has 0 heterocycles. The van der Waals surface area contributed by atoms with Gasteiger partial charge in [0.05, 0.1) is 6.07 Å². The Balaban J connectivity index is 3.37. The summed E-state index contributed by atoms with van der Waals surface area (Å²) in [5.74, 6) is 0.749. The minimum absolute atomic E-state index is 0.651. The second-order valence-corrected chi connectivity index (χ2v) is 4.87. The molecule has 0 rings (SSSR count). The molecule has 3 heteroatoms. The molecule has 2 N–H and O–H groups in total. The van der Waals surface area contributed by atoms with Gasteiger partial charge in [-0.05, 0) is 38.0 Å². The normalized spacial score (nSPS) is 14.8. The van der Waals surface area contributed by atoms with Crippen molar-refractivity contribution in [2.75, 3.05) is 13.2 Å². The summed E-state index contributed by atoms with van der Waals surface area (Å²) >= 11 is 0. The summed E-state index contributed by atoms with van der Waals surface area (Å²) in [6.07, 6.45) is 4.64. The summed E-state index contributed by atoms with van der Waals surface area (Å²) in [4.78, 5) is 0.